The minimum Gasteiger partial charge on any atom is -0.435 e. The number of aromatic nitrogens is 3. The van der Waals surface area contributed by atoms with E-state index in [4.69, 9.17) is 15.2 Å². The number of halogens is 3. The first kappa shape index (κ1) is 23.0. The Labute approximate surface area is 205 Å². The van der Waals surface area contributed by atoms with E-state index in [0.29, 0.717) is 40.4 Å². The maximum Gasteiger partial charge on any atom is 0.387 e. The van der Waals surface area contributed by atoms with Gasteiger partial charge >= 0.3 is 6.61 Å². The molecule has 1 aliphatic heterocycles. The summed E-state index contributed by atoms with van der Waals surface area (Å²) in [6.07, 6.45) is 5.72. The molecule has 6 nitrogen and oxygen atoms in total. The zero-order valence-electron chi connectivity index (χ0n) is 19.4. The zero-order valence-corrected chi connectivity index (χ0v) is 19.4. The number of ether oxygens (including phenoxy) is 2. The van der Waals surface area contributed by atoms with Crippen molar-refractivity contribution in [3.8, 4) is 16.9 Å². The van der Waals surface area contributed by atoms with E-state index in [1.807, 2.05) is 16.5 Å². The predicted molar refractivity (Wildman–Crippen MR) is 128 cm³/mol. The van der Waals surface area contributed by atoms with Crippen LogP contribution >= 0.6 is 0 Å². The first-order valence-electron chi connectivity index (χ1n) is 12.0. The minimum atomic E-state index is -2.94. The molecule has 0 spiro atoms. The lowest BCUT2D eigenvalue weighted by atomic mass is 9.95. The van der Waals surface area contributed by atoms with Gasteiger partial charge in [0.2, 0.25) is 0 Å². The fourth-order valence-corrected chi connectivity index (χ4v) is 5.46. The second-order valence-electron chi connectivity index (χ2n) is 9.32. The van der Waals surface area contributed by atoms with Crippen LogP contribution in [0.3, 0.4) is 0 Å². The summed E-state index contributed by atoms with van der Waals surface area (Å²) in [5.74, 6) is -0.303. The number of benzene rings is 1. The van der Waals surface area contributed by atoms with Crippen LogP contribution in [0, 0.1) is 5.82 Å². The molecule has 36 heavy (non-hydrogen) atoms. The predicted octanol–water partition coefficient (Wildman–Crippen LogP) is 5.57. The lowest BCUT2D eigenvalue weighted by molar-refractivity contribution is -0.0505. The van der Waals surface area contributed by atoms with E-state index in [0.717, 1.165) is 37.4 Å². The van der Waals surface area contributed by atoms with Crippen molar-refractivity contribution in [3.63, 3.8) is 0 Å². The molecule has 186 valence electrons. The number of fused-ring (bicyclic) bond motifs is 3. The molecule has 0 unspecified atom stereocenters. The molecule has 1 aliphatic carbocycles. The molecule has 2 N–H and O–H groups in total. The van der Waals surface area contributed by atoms with Crippen LogP contribution in [0.2, 0.25) is 0 Å². The van der Waals surface area contributed by atoms with E-state index < -0.39 is 18.5 Å². The Morgan fingerprint density at radius 3 is 2.67 bits per heavy atom. The molecule has 0 amide bonds. The highest BCUT2D eigenvalue weighted by atomic mass is 19.3. The molecule has 0 radical (unpaired) electrons. The van der Waals surface area contributed by atoms with E-state index in [2.05, 4.69) is 9.97 Å². The van der Waals surface area contributed by atoms with Crippen LogP contribution in [-0.4, -0.2) is 34.2 Å². The van der Waals surface area contributed by atoms with Gasteiger partial charge in [0.25, 0.3) is 0 Å². The Bertz CT molecular complexity index is 1400. The second-order valence-corrected chi connectivity index (χ2v) is 9.32. The Balaban J connectivity index is 1.41. The average Bonchev–Trinajstić information content (AvgIpc) is 3.41. The van der Waals surface area contributed by atoms with Gasteiger partial charge in [0.05, 0.1) is 11.4 Å². The van der Waals surface area contributed by atoms with Crippen molar-refractivity contribution in [2.45, 2.75) is 43.8 Å². The fourth-order valence-electron chi connectivity index (χ4n) is 5.46. The van der Waals surface area contributed by atoms with Crippen molar-refractivity contribution in [3.05, 3.63) is 83.3 Å². The van der Waals surface area contributed by atoms with Crippen LogP contribution in [0.4, 0.5) is 13.2 Å². The molecule has 6 rings (SSSR count). The Morgan fingerprint density at radius 1 is 1.11 bits per heavy atom. The number of hydrogen-bond donors (Lipinski definition) is 1. The van der Waals surface area contributed by atoms with Gasteiger partial charge in [-0.2, -0.15) is 8.78 Å². The van der Waals surface area contributed by atoms with Crippen molar-refractivity contribution in [1.29, 1.82) is 0 Å². The molecule has 4 aromatic rings. The number of para-hydroxylation sites is 1. The number of hydrogen-bond acceptors (Lipinski definition) is 5. The van der Waals surface area contributed by atoms with E-state index >= 15 is 4.39 Å². The summed E-state index contributed by atoms with van der Waals surface area (Å²) in [5.41, 5.74) is 10.8. The Kier molecular flexibility index (Phi) is 5.89. The van der Waals surface area contributed by atoms with Crippen molar-refractivity contribution < 1.29 is 22.6 Å². The maximum atomic E-state index is 15.2. The summed E-state index contributed by atoms with van der Waals surface area (Å²) in [4.78, 5) is 9.21. The van der Waals surface area contributed by atoms with Crippen molar-refractivity contribution in [2.24, 2.45) is 5.73 Å². The maximum absolute atomic E-state index is 15.2. The summed E-state index contributed by atoms with van der Waals surface area (Å²) in [6.45, 7) is -1.50. The van der Waals surface area contributed by atoms with Gasteiger partial charge < -0.3 is 19.6 Å². The SMILES string of the molecule is N[C@@H]1C[C@H](c2ccccc2OC(F)F)c2c1nc1cc(F)c(-c3ccc(C4CCOCC4)nc3)cn21. The molecule has 4 heterocycles. The molecule has 1 fully saturated rings. The van der Waals surface area contributed by atoms with Gasteiger partial charge in [0.1, 0.15) is 17.2 Å². The molecular weight excluding hydrogens is 469 g/mol. The van der Waals surface area contributed by atoms with Crippen LogP contribution in [0.25, 0.3) is 16.8 Å². The lowest BCUT2D eigenvalue weighted by Gasteiger charge is -2.21. The number of nitrogens with zero attached hydrogens (tertiary/aromatic N) is 3. The first-order chi connectivity index (χ1) is 17.5. The summed E-state index contributed by atoms with van der Waals surface area (Å²) < 4.78 is 53.4. The molecule has 2 aliphatic rings. The Morgan fingerprint density at radius 2 is 1.92 bits per heavy atom. The van der Waals surface area contributed by atoms with Crippen LogP contribution < -0.4 is 10.5 Å². The highest BCUT2D eigenvalue weighted by Gasteiger charge is 2.36. The lowest BCUT2D eigenvalue weighted by Crippen LogP contribution is -2.15. The van der Waals surface area contributed by atoms with Crippen molar-refractivity contribution in [1.82, 2.24) is 14.4 Å². The third-order valence-corrected chi connectivity index (χ3v) is 7.19. The number of pyridine rings is 2. The molecule has 9 heteroatoms. The summed E-state index contributed by atoms with van der Waals surface area (Å²) in [5, 5.41) is 0. The van der Waals surface area contributed by atoms with Gasteiger partial charge in [0, 0.05) is 71.9 Å². The minimum absolute atomic E-state index is 0.0998. The quantitative estimate of drug-likeness (QED) is 0.393. The average molecular weight is 495 g/mol. The Hall–Kier alpha value is -3.43. The third-order valence-electron chi connectivity index (χ3n) is 7.19. The molecule has 2 atom stereocenters. The van der Waals surface area contributed by atoms with Gasteiger partial charge in [0.15, 0.2) is 0 Å². The standard InChI is InChI=1S/C27H25F3N4O2/c28-20-12-24-33-25-21(31)11-18(17-3-1-2-4-23(17)36-27(29)30)26(25)34(24)14-19(20)16-5-6-22(32-13-16)15-7-9-35-10-8-15/h1-6,12-15,18,21,27H,7-11,31H2/t18-,21-/m1/s1. The zero-order chi connectivity index (χ0) is 24.8. The monoisotopic (exact) mass is 494 g/mol. The highest BCUT2D eigenvalue weighted by Crippen LogP contribution is 2.46. The van der Waals surface area contributed by atoms with Crippen LogP contribution in [-0.2, 0) is 4.74 Å². The van der Waals surface area contributed by atoms with Gasteiger partial charge in [-0.05, 0) is 31.4 Å². The van der Waals surface area contributed by atoms with E-state index in [1.54, 1.807) is 30.6 Å². The third kappa shape index (κ3) is 4.02. The molecule has 0 bridgehead atoms. The second kappa shape index (κ2) is 9.22. The molecule has 1 aromatic carbocycles. The normalized spacial score (nSPS) is 20.2. The first-order valence-corrected chi connectivity index (χ1v) is 12.0. The van der Waals surface area contributed by atoms with Gasteiger partial charge in [-0.25, -0.2) is 9.37 Å². The van der Waals surface area contributed by atoms with Crippen molar-refractivity contribution >= 4 is 5.65 Å². The van der Waals surface area contributed by atoms with E-state index in [1.165, 1.54) is 12.1 Å². The molecular formula is C27H25F3N4O2. The smallest absolute Gasteiger partial charge is 0.387 e. The van der Waals surface area contributed by atoms with Gasteiger partial charge in [-0.3, -0.25) is 4.98 Å². The number of imidazole rings is 1. The largest absolute Gasteiger partial charge is 0.435 e. The van der Waals surface area contributed by atoms with Crippen LogP contribution in [0.1, 0.15) is 59.8 Å². The van der Waals surface area contributed by atoms with Crippen LogP contribution in [0.5, 0.6) is 5.75 Å². The number of rotatable bonds is 5. The van der Waals surface area contributed by atoms with Crippen LogP contribution in [0.15, 0.2) is 54.9 Å². The molecule has 3 aromatic heterocycles. The summed E-state index contributed by atoms with van der Waals surface area (Å²) >= 11 is 0. The molecule has 1 saturated heterocycles. The van der Waals surface area contributed by atoms with E-state index in [9.17, 15) is 8.78 Å². The highest BCUT2D eigenvalue weighted by molar-refractivity contribution is 5.66. The van der Waals surface area contributed by atoms with Gasteiger partial charge in [-0.15, -0.1) is 0 Å². The summed E-state index contributed by atoms with van der Waals surface area (Å²) in [7, 11) is 0. The summed E-state index contributed by atoms with van der Waals surface area (Å²) in [6, 6.07) is 11.5. The fraction of sp³-hybridized carbons (Fsp3) is 0.333. The molecule has 0 saturated carbocycles. The topological polar surface area (TPSA) is 74.7 Å². The van der Waals surface area contributed by atoms with Crippen molar-refractivity contribution in [2.75, 3.05) is 13.2 Å². The number of nitrogens with two attached hydrogens (primary N) is 1. The van der Waals surface area contributed by atoms with Gasteiger partial charge in [-0.1, -0.05) is 24.3 Å². The number of alkyl halides is 2. The van der Waals surface area contributed by atoms with E-state index in [-0.39, 0.29) is 11.7 Å².